The van der Waals surface area contributed by atoms with Crippen molar-refractivity contribution in [3.8, 4) is 5.75 Å². The number of benzene rings is 2. The summed E-state index contributed by atoms with van der Waals surface area (Å²) in [5.41, 5.74) is 1.32. The third kappa shape index (κ3) is 3.96. The first-order chi connectivity index (χ1) is 14.0. The van der Waals surface area contributed by atoms with E-state index in [1.165, 1.54) is 18.2 Å². The van der Waals surface area contributed by atoms with Gasteiger partial charge in [0.1, 0.15) is 5.75 Å². The first kappa shape index (κ1) is 19.4. The van der Waals surface area contributed by atoms with Gasteiger partial charge in [-0.3, -0.25) is 4.79 Å². The SMILES string of the molecule is COc1ccc(CNS(=O)(=O)c2ccc3onc(C(=O)N4CCCC4)c3c2)cc1. The minimum absolute atomic E-state index is 0.0529. The van der Waals surface area contributed by atoms with Crippen LogP contribution in [0.2, 0.25) is 0 Å². The van der Waals surface area contributed by atoms with Crippen molar-refractivity contribution in [2.75, 3.05) is 20.2 Å². The second-order valence-corrected chi connectivity index (χ2v) is 8.63. The molecule has 3 aromatic rings. The molecule has 0 aliphatic carbocycles. The molecule has 1 aliphatic heterocycles. The van der Waals surface area contributed by atoms with Crippen LogP contribution in [0.25, 0.3) is 11.0 Å². The number of rotatable bonds is 6. The summed E-state index contributed by atoms with van der Waals surface area (Å²) >= 11 is 0. The Morgan fingerprint density at radius 3 is 2.59 bits per heavy atom. The van der Waals surface area contributed by atoms with Crippen LogP contribution in [0.4, 0.5) is 0 Å². The van der Waals surface area contributed by atoms with Gasteiger partial charge in [0.2, 0.25) is 10.0 Å². The first-order valence-corrected chi connectivity index (χ1v) is 10.8. The van der Waals surface area contributed by atoms with E-state index >= 15 is 0 Å². The number of fused-ring (bicyclic) bond motifs is 1. The Bertz CT molecular complexity index is 1130. The van der Waals surface area contributed by atoms with E-state index in [9.17, 15) is 13.2 Å². The van der Waals surface area contributed by atoms with E-state index in [2.05, 4.69) is 9.88 Å². The third-order valence-corrected chi connectivity index (χ3v) is 6.37. The highest BCUT2D eigenvalue weighted by Gasteiger charge is 2.26. The molecule has 152 valence electrons. The predicted molar refractivity (Wildman–Crippen MR) is 106 cm³/mol. The van der Waals surface area contributed by atoms with Gasteiger partial charge < -0.3 is 14.2 Å². The van der Waals surface area contributed by atoms with Gasteiger partial charge in [-0.25, -0.2) is 13.1 Å². The van der Waals surface area contributed by atoms with Crippen LogP contribution < -0.4 is 9.46 Å². The molecule has 0 atom stereocenters. The quantitative estimate of drug-likeness (QED) is 0.664. The zero-order valence-electron chi connectivity index (χ0n) is 15.9. The van der Waals surface area contributed by atoms with E-state index in [4.69, 9.17) is 9.26 Å². The van der Waals surface area contributed by atoms with Gasteiger partial charge >= 0.3 is 0 Å². The summed E-state index contributed by atoms with van der Waals surface area (Å²) < 4.78 is 38.4. The highest BCUT2D eigenvalue weighted by molar-refractivity contribution is 7.89. The number of amides is 1. The van der Waals surface area contributed by atoms with Crippen molar-refractivity contribution in [1.82, 2.24) is 14.8 Å². The number of carbonyl (C=O) groups is 1. The Kier molecular flexibility index (Phi) is 5.25. The Morgan fingerprint density at radius 1 is 1.17 bits per heavy atom. The van der Waals surface area contributed by atoms with Gasteiger partial charge in [0.15, 0.2) is 11.3 Å². The van der Waals surface area contributed by atoms with Crippen LogP contribution in [0.3, 0.4) is 0 Å². The normalized spacial score (nSPS) is 14.4. The molecule has 2 aromatic carbocycles. The van der Waals surface area contributed by atoms with Gasteiger partial charge in [-0.2, -0.15) is 0 Å². The fraction of sp³-hybridized carbons (Fsp3) is 0.300. The molecule has 29 heavy (non-hydrogen) atoms. The minimum atomic E-state index is -3.78. The van der Waals surface area contributed by atoms with Crippen LogP contribution >= 0.6 is 0 Å². The largest absolute Gasteiger partial charge is 0.497 e. The molecule has 0 saturated carbocycles. The van der Waals surface area contributed by atoms with Crippen LogP contribution in [-0.2, 0) is 16.6 Å². The molecule has 0 radical (unpaired) electrons. The molecule has 8 nitrogen and oxygen atoms in total. The number of sulfonamides is 1. The van der Waals surface area contributed by atoms with Crippen LogP contribution in [0, 0.1) is 0 Å². The highest BCUT2D eigenvalue weighted by Crippen LogP contribution is 2.25. The maximum absolute atomic E-state index is 12.7. The monoisotopic (exact) mass is 415 g/mol. The van der Waals surface area contributed by atoms with Gasteiger partial charge in [-0.05, 0) is 48.7 Å². The lowest BCUT2D eigenvalue weighted by Gasteiger charge is -2.13. The molecule has 0 spiro atoms. The fourth-order valence-electron chi connectivity index (χ4n) is 3.31. The molecular weight excluding hydrogens is 394 g/mol. The Balaban J connectivity index is 1.57. The van der Waals surface area contributed by atoms with Gasteiger partial charge in [-0.1, -0.05) is 17.3 Å². The van der Waals surface area contributed by atoms with Crippen LogP contribution in [0.1, 0.15) is 28.9 Å². The number of nitrogens with zero attached hydrogens (tertiary/aromatic N) is 2. The topological polar surface area (TPSA) is 102 Å². The highest BCUT2D eigenvalue weighted by atomic mass is 32.2. The molecule has 2 heterocycles. The van der Waals surface area contributed by atoms with E-state index < -0.39 is 10.0 Å². The lowest BCUT2D eigenvalue weighted by molar-refractivity contribution is 0.0784. The number of likely N-dealkylation sites (tertiary alicyclic amines) is 1. The number of nitrogens with one attached hydrogen (secondary N) is 1. The summed E-state index contributed by atoms with van der Waals surface area (Å²) in [5.74, 6) is 0.465. The molecule has 1 fully saturated rings. The molecule has 1 amide bonds. The second kappa shape index (κ2) is 7.84. The summed E-state index contributed by atoms with van der Waals surface area (Å²) in [6.45, 7) is 1.48. The second-order valence-electron chi connectivity index (χ2n) is 6.86. The third-order valence-electron chi connectivity index (χ3n) is 4.97. The molecule has 1 aromatic heterocycles. The summed E-state index contributed by atoms with van der Waals surface area (Å²) in [4.78, 5) is 14.4. The standard InChI is InChI=1S/C20H21N3O5S/c1-27-15-6-4-14(5-7-15)13-21-29(25,26)16-8-9-18-17(12-16)19(22-28-18)20(24)23-10-2-3-11-23/h4-9,12,21H,2-3,10-11,13H2,1H3. The summed E-state index contributed by atoms with van der Waals surface area (Å²) in [5, 5.41) is 4.28. The number of methoxy groups -OCH3 is 1. The molecule has 1 aliphatic rings. The zero-order valence-corrected chi connectivity index (χ0v) is 16.7. The number of ether oxygens (including phenoxy) is 1. The predicted octanol–water partition coefficient (Wildman–Crippen LogP) is 2.55. The van der Waals surface area contributed by atoms with E-state index in [1.54, 1.807) is 36.3 Å². The Labute approximate surface area is 168 Å². The Hall–Kier alpha value is -2.91. The molecule has 0 unspecified atom stereocenters. The molecule has 1 saturated heterocycles. The lowest BCUT2D eigenvalue weighted by Crippen LogP contribution is -2.28. The molecular formula is C20H21N3O5S. The maximum Gasteiger partial charge on any atom is 0.276 e. The Morgan fingerprint density at radius 2 is 1.90 bits per heavy atom. The average Bonchev–Trinajstić information content (AvgIpc) is 3.42. The number of hydrogen-bond donors (Lipinski definition) is 1. The van der Waals surface area contributed by atoms with Crippen molar-refractivity contribution in [2.24, 2.45) is 0 Å². The summed E-state index contributed by atoms with van der Waals surface area (Å²) in [6.07, 6.45) is 1.91. The van der Waals surface area contributed by atoms with Crippen LogP contribution in [0.5, 0.6) is 5.75 Å². The van der Waals surface area contributed by atoms with Crippen LogP contribution in [0.15, 0.2) is 51.9 Å². The maximum atomic E-state index is 12.7. The lowest BCUT2D eigenvalue weighted by atomic mass is 10.2. The number of carbonyl (C=O) groups excluding carboxylic acids is 1. The first-order valence-electron chi connectivity index (χ1n) is 9.29. The van der Waals surface area contributed by atoms with Gasteiger partial charge in [0.25, 0.3) is 5.91 Å². The van der Waals surface area contributed by atoms with Gasteiger partial charge in [0.05, 0.1) is 17.4 Å². The van der Waals surface area contributed by atoms with Crippen molar-refractivity contribution >= 4 is 26.9 Å². The van der Waals surface area contributed by atoms with Gasteiger partial charge in [0, 0.05) is 19.6 Å². The molecule has 1 N–H and O–H groups in total. The zero-order chi connectivity index (χ0) is 20.4. The van der Waals surface area contributed by atoms with Crippen molar-refractivity contribution in [3.05, 3.63) is 53.7 Å². The minimum Gasteiger partial charge on any atom is -0.497 e. The van der Waals surface area contributed by atoms with Crippen molar-refractivity contribution in [3.63, 3.8) is 0 Å². The fourth-order valence-corrected chi connectivity index (χ4v) is 4.36. The van der Waals surface area contributed by atoms with Crippen LogP contribution in [-0.4, -0.2) is 44.6 Å². The van der Waals surface area contributed by atoms with Crippen molar-refractivity contribution in [1.29, 1.82) is 0 Å². The molecule has 4 rings (SSSR count). The van der Waals surface area contributed by atoms with E-state index in [0.29, 0.717) is 29.8 Å². The molecule has 0 bridgehead atoms. The van der Waals surface area contributed by atoms with E-state index in [1.807, 2.05) is 0 Å². The summed E-state index contributed by atoms with van der Waals surface area (Å²) in [7, 11) is -2.21. The van der Waals surface area contributed by atoms with Gasteiger partial charge in [-0.15, -0.1) is 0 Å². The smallest absolute Gasteiger partial charge is 0.276 e. The van der Waals surface area contributed by atoms with E-state index in [0.717, 1.165) is 18.4 Å². The summed E-state index contributed by atoms with van der Waals surface area (Å²) in [6, 6.07) is 11.5. The number of aromatic nitrogens is 1. The number of hydrogen-bond acceptors (Lipinski definition) is 6. The average molecular weight is 415 g/mol. The van der Waals surface area contributed by atoms with Crippen molar-refractivity contribution < 1.29 is 22.5 Å². The van der Waals surface area contributed by atoms with Crippen molar-refractivity contribution in [2.45, 2.75) is 24.3 Å². The molecule has 9 heteroatoms. The van der Waals surface area contributed by atoms with E-state index in [-0.39, 0.29) is 23.0 Å².